The molecule has 92 valence electrons. The molecule has 2 heterocycles. The first kappa shape index (κ1) is 11.8. The highest BCUT2D eigenvalue weighted by Gasteiger charge is 2.25. The van der Waals surface area contributed by atoms with E-state index in [1.807, 2.05) is 20.8 Å². The van der Waals surface area contributed by atoms with E-state index in [0.29, 0.717) is 16.7 Å². The van der Waals surface area contributed by atoms with Crippen molar-refractivity contribution in [2.24, 2.45) is 0 Å². The second-order valence-electron chi connectivity index (χ2n) is 4.89. The molecule has 0 bridgehead atoms. The average Bonchev–Trinajstić information content (AvgIpc) is 2.58. The normalized spacial score (nSPS) is 12.6. The molecule has 2 rings (SSSR count). The molecule has 0 amide bonds. The minimum absolute atomic E-state index is 0.106. The third-order valence-corrected chi connectivity index (χ3v) is 2.44. The minimum Gasteiger partial charge on any atom is -0.380 e. The average molecular weight is 241 g/mol. The van der Waals surface area contributed by atoms with Crippen LogP contribution in [0.3, 0.4) is 0 Å². The van der Waals surface area contributed by atoms with Gasteiger partial charge in [-0.15, -0.1) is 0 Å². The van der Waals surface area contributed by atoms with Crippen LogP contribution in [0, 0.1) is 0 Å². The number of anilines is 1. The first-order valence-corrected chi connectivity index (χ1v) is 5.15. The zero-order valence-corrected chi connectivity index (χ0v) is 9.79. The summed E-state index contributed by atoms with van der Waals surface area (Å²) in [4.78, 5) is 3.95. The Bertz CT molecular complexity index is 558. The maximum Gasteiger partial charge on any atom is 0.280 e. The van der Waals surface area contributed by atoms with Crippen molar-refractivity contribution in [3.05, 3.63) is 17.5 Å². The maximum absolute atomic E-state index is 12.7. The van der Waals surface area contributed by atoms with Crippen molar-refractivity contribution in [2.45, 2.75) is 32.6 Å². The van der Waals surface area contributed by atoms with E-state index in [9.17, 15) is 8.78 Å². The molecule has 0 atom stereocenters. The summed E-state index contributed by atoms with van der Waals surface area (Å²) in [7, 11) is 0. The van der Waals surface area contributed by atoms with E-state index < -0.39 is 11.8 Å². The van der Waals surface area contributed by atoms with Crippen LogP contribution >= 0.6 is 0 Å². The van der Waals surface area contributed by atoms with Crippen molar-refractivity contribution >= 4 is 16.8 Å². The third kappa shape index (κ3) is 1.94. The molecule has 4 nitrogen and oxygen atoms in total. The van der Waals surface area contributed by atoms with Crippen LogP contribution in [0.4, 0.5) is 14.6 Å². The lowest BCUT2D eigenvalue weighted by Crippen LogP contribution is -2.15. The number of fused-ring (bicyclic) bond motifs is 1. The van der Waals surface area contributed by atoms with Crippen molar-refractivity contribution in [3.63, 3.8) is 0 Å². The zero-order chi connectivity index (χ0) is 12.8. The summed E-state index contributed by atoms with van der Waals surface area (Å²) in [6.45, 7) is 5.59. The molecule has 0 aliphatic rings. The molecule has 2 aromatic rings. The van der Waals surface area contributed by atoms with E-state index in [4.69, 9.17) is 10.3 Å². The largest absolute Gasteiger partial charge is 0.380 e. The van der Waals surface area contributed by atoms with Gasteiger partial charge in [0, 0.05) is 5.41 Å². The molecule has 17 heavy (non-hydrogen) atoms. The fourth-order valence-corrected chi connectivity index (χ4v) is 1.60. The quantitative estimate of drug-likeness (QED) is 0.833. The molecular weight excluding hydrogens is 228 g/mol. The van der Waals surface area contributed by atoms with Crippen LogP contribution in [0.5, 0.6) is 0 Å². The lowest BCUT2D eigenvalue weighted by atomic mass is 9.90. The number of alkyl halides is 2. The van der Waals surface area contributed by atoms with E-state index in [2.05, 4.69) is 10.1 Å². The number of hydrogen-bond acceptors (Lipinski definition) is 4. The van der Waals surface area contributed by atoms with Crippen LogP contribution < -0.4 is 5.73 Å². The van der Waals surface area contributed by atoms with Gasteiger partial charge in [-0.1, -0.05) is 25.9 Å². The Morgan fingerprint density at radius 3 is 2.53 bits per heavy atom. The third-order valence-electron chi connectivity index (χ3n) is 2.44. The molecule has 0 aliphatic carbocycles. The summed E-state index contributed by atoms with van der Waals surface area (Å²) < 4.78 is 30.6. The summed E-state index contributed by atoms with van der Waals surface area (Å²) >= 11 is 0. The van der Waals surface area contributed by atoms with Gasteiger partial charge in [-0.2, -0.15) is 0 Å². The Morgan fingerprint density at radius 2 is 2.00 bits per heavy atom. The van der Waals surface area contributed by atoms with Crippen LogP contribution in [0.25, 0.3) is 11.0 Å². The summed E-state index contributed by atoms with van der Waals surface area (Å²) in [5.41, 5.74) is 5.66. The Hall–Kier alpha value is -1.72. The molecular formula is C11H13F2N3O. The van der Waals surface area contributed by atoms with Gasteiger partial charge in [0.2, 0.25) is 0 Å². The zero-order valence-electron chi connectivity index (χ0n) is 9.79. The molecule has 0 radical (unpaired) electrons. The van der Waals surface area contributed by atoms with E-state index in [1.54, 1.807) is 0 Å². The highest BCUT2D eigenvalue weighted by Crippen LogP contribution is 2.33. The van der Waals surface area contributed by atoms with Crippen LogP contribution in [0.15, 0.2) is 10.6 Å². The number of nitrogens with zero attached hydrogens (tertiary/aromatic N) is 2. The molecule has 0 aromatic carbocycles. The molecule has 0 unspecified atom stereocenters. The van der Waals surface area contributed by atoms with Crippen LogP contribution in [0.2, 0.25) is 0 Å². The van der Waals surface area contributed by atoms with Crippen molar-refractivity contribution in [3.8, 4) is 0 Å². The van der Waals surface area contributed by atoms with Crippen molar-refractivity contribution in [1.82, 2.24) is 10.1 Å². The van der Waals surface area contributed by atoms with Crippen molar-refractivity contribution in [1.29, 1.82) is 0 Å². The van der Waals surface area contributed by atoms with Gasteiger partial charge in [-0.05, 0) is 6.07 Å². The first-order valence-electron chi connectivity index (χ1n) is 5.15. The number of aromatic nitrogens is 2. The monoisotopic (exact) mass is 241 g/mol. The van der Waals surface area contributed by atoms with Gasteiger partial charge in [0.05, 0.1) is 11.1 Å². The van der Waals surface area contributed by atoms with Crippen molar-refractivity contribution in [2.75, 3.05) is 5.73 Å². The smallest absolute Gasteiger partial charge is 0.280 e. The van der Waals surface area contributed by atoms with Crippen molar-refractivity contribution < 1.29 is 13.3 Å². The number of halogens is 2. The first-order chi connectivity index (χ1) is 7.80. The lowest BCUT2D eigenvalue weighted by Gasteiger charge is -2.18. The van der Waals surface area contributed by atoms with Gasteiger partial charge in [0.15, 0.2) is 11.4 Å². The number of pyridine rings is 1. The summed E-state index contributed by atoms with van der Waals surface area (Å²) in [6.07, 6.45) is -2.64. The fraction of sp³-hybridized carbons (Fsp3) is 0.455. The number of hydrogen-bond donors (Lipinski definition) is 1. The number of rotatable bonds is 1. The molecule has 0 fully saturated rings. The minimum atomic E-state index is -2.64. The Morgan fingerprint density at radius 1 is 1.35 bits per heavy atom. The number of nitrogens with two attached hydrogens (primary N) is 1. The predicted molar refractivity (Wildman–Crippen MR) is 59.9 cm³/mol. The van der Waals surface area contributed by atoms with E-state index in [1.165, 1.54) is 6.07 Å². The van der Waals surface area contributed by atoms with E-state index in [0.717, 1.165) is 0 Å². The molecule has 0 saturated heterocycles. The molecule has 0 spiro atoms. The SMILES string of the molecule is CC(C)(C)c1nc(C(F)F)cc2c(N)noc12. The second-order valence-corrected chi connectivity index (χ2v) is 4.89. The maximum atomic E-state index is 12.7. The summed E-state index contributed by atoms with van der Waals surface area (Å²) in [5, 5.41) is 3.98. The van der Waals surface area contributed by atoms with Crippen LogP contribution in [-0.2, 0) is 5.41 Å². The van der Waals surface area contributed by atoms with Gasteiger partial charge >= 0.3 is 0 Å². The Balaban J connectivity index is 2.80. The molecule has 2 aromatic heterocycles. The highest BCUT2D eigenvalue weighted by atomic mass is 19.3. The second kappa shape index (κ2) is 3.65. The molecule has 0 aliphatic heterocycles. The topological polar surface area (TPSA) is 64.9 Å². The standard InChI is InChI=1S/C11H13F2N3O/c1-11(2,3)8-7-5(10(14)16-17-7)4-6(15-8)9(12)13/h4,9H,1-3H3,(H2,14,16). The molecule has 0 saturated carbocycles. The Kier molecular flexibility index (Phi) is 2.52. The predicted octanol–water partition coefficient (Wildman–Crippen LogP) is 3.04. The van der Waals surface area contributed by atoms with Gasteiger partial charge in [0.25, 0.3) is 6.43 Å². The summed E-state index contributed by atoms with van der Waals surface area (Å²) in [6, 6.07) is 1.22. The molecule has 2 N–H and O–H groups in total. The van der Waals surface area contributed by atoms with E-state index >= 15 is 0 Å². The van der Waals surface area contributed by atoms with Gasteiger partial charge < -0.3 is 10.3 Å². The highest BCUT2D eigenvalue weighted by molar-refractivity contribution is 5.89. The number of nitrogen functional groups attached to an aromatic ring is 1. The van der Waals surface area contributed by atoms with Crippen LogP contribution in [-0.4, -0.2) is 10.1 Å². The van der Waals surface area contributed by atoms with E-state index in [-0.39, 0.29) is 11.5 Å². The van der Waals surface area contributed by atoms with Gasteiger partial charge in [-0.25, -0.2) is 13.8 Å². The van der Waals surface area contributed by atoms with Gasteiger partial charge in [0.1, 0.15) is 5.69 Å². The Labute approximate surface area is 96.8 Å². The lowest BCUT2D eigenvalue weighted by molar-refractivity contribution is 0.145. The fourth-order valence-electron chi connectivity index (χ4n) is 1.60. The van der Waals surface area contributed by atoms with Gasteiger partial charge in [-0.3, -0.25) is 0 Å². The van der Waals surface area contributed by atoms with Crippen LogP contribution in [0.1, 0.15) is 38.6 Å². The summed E-state index contributed by atoms with van der Waals surface area (Å²) in [5.74, 6) is 0.106. The molecule has 6 heteroatoms.